The van der Waals surface area contributed by atoms with E-state index < -0.39 is 17.8 Å². The minimum atomic E-state index is -4.35. The molecule has 3 aromatic rings. The van der Waals surface area contributed by atoms with Crippen LogP contribution < -0.4 is 0 Å². The Kier molecular flexibility index (Phi) is 8.15. The van der Waals surface area contributed by atoms with E-state index in [9.17, 15) is 18.3 Å². The Hall–Kier alpha value is -2.57. The summed E-state index contributed by atoms with van der Waals surface area (Å²) in [4.78, 5) is 2.22. The summed E-state index contributed by atoms with van der Waals surface area (Å²) < 4.78 is 41.2. The molecule has 0 amide bonds. The van der Waals surface area contributed by atoms with Crippen molar-refractivity contribution in [3.05, 3.63) is 95.3 Å². The third-order valence-electron chi connectivity index (χ3n) is 5.32. The molecule has 1 atom stereocenters. The quantitative estimate of drug-likeness (QED) is 0.440. The molecule has 0 aliphatic carbocycles. The first-order chi connectivity index (χ1) is 15.2. The molecule has 2 aromatic carbocycles. The summed E-state index contributed by atoms with van der Waals surface area (Å²) in [6.45, 7) is 6.61. The molecule has 1 heterocycles. The second-order valence-corrected chi connectivity index (χ2v) is 8.76. The molecule has 1 N–H and O–H groups in total. The van der Waals surface area contributed by atoms with Gasteiger partial charge in [-0.1, -0.05) is 56.3 Å². The highest BCUT2D eigenvalue weighted by molar-refractivity contribution is 5.26. The highest BCUT2D eigenvalue weighted by atomic mass is 19.4. The number of nitrogens with zero attached hydrogens (tertiary/aromatic N) is 2. The topological polar surface area (TPSA) is 28.4 Å². The Morgan fingerprint density at radius 1 is 0.906 bits per heavy atom. The molecule has 1 unspecified atom stereocenters. The second kappa shape index (κ2) is 10.8. The highest BCUT2D eigenvalue weighted by Gasteiger charge is 2.30. The first-order valence-electron chi connectivity index (χ1n) is 10.9. The molecule has 3 rings (SSSR count). The van der Waals surface area contributed by atoms with Gasteiger partial charge in [0.15, 0.2) is 0 Å². The zero-order valence-corrected chi connectivity index (χ0v) is 18.6. The van der Waals surface area contributed by atoms with Crippen LogP contribution in [0.3, 0.4) is 0 Å². The molecule has 0 bridgehead atoms. The molecule has 1 aromatic heterocycles. The predicted octanol–water partition coefficient (Wildman–Crippen LogP) is 5.62. The fourth-order valence-electron chi connectivity index (χ4n) is 3.99. The summed E-state index contributed by atoms with van der Waals surface area (Å²) in [5.41, 5.74) is 2.08. The fraction of sp³-hybridized carbons (Fsp3) is 0.385. The van der Waals surface area contributed by atoms with Gasteiger partial charge in [-0.3, -0.25) is 4.90 Å². The van der Waals surface area contributed by atoms with Crippen molar-refractivity contribution in [1.29, 1.82) is 0 Å². The number of aromatic nitrogens is 1. The normalized spacial score (nSPS) is 13.1. The van der Waals surface area contributed by atoms with Gasteiger partial charge < -0.3 is 9.67 Å². The lowest BCUT2D eigenvalue weighted by Crippen LogP contribution is -2.36. The van der Waals surface area contributed by atoms with Crippen molar-refractivity contribution in [2.45, 2.75) is 45.6 Å². The number of alkyl halides is 3. The number of rotatable bonds is 10. The maximum absolute atomic E-state index is 13.1. The molecule has 32 heavy (non-hydrogen) atoms. The summed E-state index contributed by atoms with van der Waals surface area (Å²) >= 11 is 0. The predicted molar refractivity (Wildman–Crippen MR) is 121 cm³/mol. The van der Waals surface area contributed by atoms with Gasteiger partial charge in [-0.05, 0) is 47.7 Å². The van der Waals surface area contributed by atoms with Crippen molar-refractivity contribution in [3.63, 3.8) is 0 Å². The Labute approximate surface area is 188 Å². The first-order valence-corrected chi connectivity index (χ1v) is 10.9. The monoisotopic (exact) mass is 444 g/mol. The van der Waals surface area contributed by atoms with E-state index in [1.165, 1.54) is 12.1 Å². The minimum Gasteiger partial charge on any atom is -0.391 e. The molecule has 3 nitrogen and oxygen atoms in total. The zero-order valence-electron chi connectivity index (χ0n) is 18.6. The van der Waals surface area contributed by atoms with Gasteiger partial charge >= 0.3 is 6.18 Å². The van der Waals surface area contributed by atoms with Crippen LogP contribution in [0, 0.1) is 5.92 Å². The zero-order chi connectivity index (χ0) is 23.1. The summed E-state index contributed by atoms with van der Waals surface area (Å²) in [5, 5.41) is 10.7. The van der Waals surface area contributed by atoms with Crippen LogP contribution in [0.15, 0.2) is 72.9 Å². The number of aliphatic hydroxyl groups is 1. The van der Waals surface area contributed by atoms with Crippen molar-refractivity contribution in [3.8, 4) is 0 Å². The number of aliphatic hydroxyl groups excluding tert-OH is 1. The van der Waals surface area contributed by atoms with Crippen LogP contribution in [0.25, 0.3) is 0 Å². The third kappa shape index (κ3) is 7.24. The SMILES string of the molecule is CC(C)CN(Cc1cccn1Cc1cccc(C(F)(F)F)c1)CC(O)Cc1ccccc1. The summed E-state index contributed by atoms with van der Waals surface area (Å²) in [6, 6.07) is 19.3. The average Bonchev–Trinajstić information content (AvgIpc) is 3.14. The highest BCUT2D eigenvalue weighted by Crippen LogP contribution is 2.29. The van der Waals surface area contributed by atoms with Crippen LogP contribution in [0.1, 0.15) is 36.2 Å². The Bertz CT molecular complexity index is 966. The van der Waals surface area contributed by atoms with Gasteiger partial charge in [0.2, 0.25) is 0 Å². The lowest BCUT2D eigenvalue weighted by molar-refractivity contribution is -0.137. The third-order valence-corrected chi connectivity index (χ3v) is 5.32. The lowest BCUT2D eigenvalue weighted by atomic mass is 10.1. The van der Waals surface area contributed by atoms with Crippen LogP contribution in [-0.2, 0) is 25.7 Å². The molecular weight excluding hydrogens is 413 g/mol. The molecular formula is C26H31F3N2O. The van der Waals surface area contributed by atoms with Crippen LogP contribution in [0.4, 0.5) is 13.2 Å². The maximum Gasteiger partial charge on any atom is 0.416 e. The van der Waals surface area contributed by atoms with E-state index in [-0.39, 0.29) is 0 Å². The Balaban J connectivity index is 1.69. The van der Waals surface area contributed by atoms with Crippen molar-refractivity contribution >= 4 is 0 Å². The molecule has 6 heteroatoms. The first kappa shape index (κ1) is 24.1. The summed E-state index contributed by atoms with van der Waals surface area (Å²) in [5.74, 6) is 0.422. The van der Waals surface area contributed by atoms with Crippen molar-refractivity contribution < 1.29 is 18.3 Å². The van der Waals surface area contributed by atoms with E-state index in [0.717, 1.165) is 23.9 Å². The van der Waals surface area contributed by atoms with E-state index in [2.05, 4.69) is 18.7 Å². The van der Waals surface area contributed by atoms with E-state index in [4.69, 9.17) is 0 Å². The molecule has 172 valence electrons. The fourth-order valence-corrected chi connectivity index (χ4v) is 3.99. The standard InChI is InChI=1S/C26H31F3N2O/c1-20(2)16-30(19-25(32)15-21-8-4-3-5-9-21)18-24-12-7-13-31(24)17-22-10-6-11-23(14-22)26(27,28)29/h3-14,20,25,32H,15-19H2,1-2H3. The minimum absolute atomic E-state index is 0.369. The van der Waals surface area contributed by atoms with Crippen molar-refractivity contribution in [1.82, 2.24) is 9.47 Å². The van der Waals surface area contributed by atoms with Gasteiger partial charge in [0.05, 0.1) is 11.7 Å². The molecule has 0 saturated heterocycles. The number of hydrogen-bond acceptors (Lipinski definition) is 2. The molecule has 0 spiro atoms. The molecule has 0 saturated carbocycles. The number of hydrogen-bond donors (Lipinski definition) is 1. The van der Waals surface area contributed by atoms with E-state index in [1.807, 2.05) is 53.2 Å². The maximum atomic E-state index is 13.1. The van der Waals surface area contributed by atoms with Gasteiger partial charge in [-0.25, -0.2) is 0 Å². The van der Waals surface area contributed by atoms with Crippen LogP contribution in [0.2, 0.25) is 0 Å². The van der Waals surface area contributed by atoms with E-state index in [1.54, 1.807) is 6.07 Å². The van der Waals surface area contributed by atoms with Crippen molar-refractivity contribution in [2.24, 2.45) is 5.92 Å². The number of benzene rings is 2. The van der Waals surface area contributed by atoms with E-state index in [0.29, 0.717) is 37.5 Å². The van der Waals surface area contributed by atoms with Gasteiger partial charge in [-0.2, -0.15) is 13.2 Å². The largest absolute Gasteiger partial charge is 0.416 e. The van der Waals surface area contributed by atoms with Crippen molar-refractivity contribution in [2.75, 3.05) is 13.1 Å². The Morgan fingerprint density at radius 2 is 1.62 bits per heavy atom. The van der Waals surface area contributed by atoms with Gasteiger partial charge in [-0.15, -0.1) is 0 Å². The van der Waals surface area contributed by atoms with Gasteiger partial charge in [0.25, 0.3) is 0 Å². The smallest absolute Gasteiger partial charge is 0.391 e. The van der Waals surface area contributed by atoms with Crippen LogP contribution >= 0.6 is 0 Å². The van der Waals surface area contributed by atoms with Gasteiger partial charge in [0, 0.05) is 38.1 Å². The van der Waals surface area contributed by atoms with Crippen LogP contribution in [0.5, 0.6) is 0 Å². The number of halogens is 3. The summed E-state index contributed by atoms with van der Waals surface area (Å²) in [7, 11) is 0. The molecule has 0 radical (unpaired) electrons. The average molecular weight is 445 g/mol. The summed E-state index contributed by atoms with van der Waals surface area (Å²) in [6.07, 6.45) is -2.37. The van der Waals surface area contributed by atoms with Crippen LogP contribution in [-0.4, -0.2) is 33.8 Å². The second-order valence-electron chi connectivity index (χ2n) is 8.76. The molecule has 0 aliphatic heterocycles. The molecule has 0 fully saturated rings. The van der Waals surface area contributed by atoms with Gasteiger partial charge in [0.1, 0.15) is 0 Å². The molecule has 0 aliphatic rings. The van der Waals surface area contributed by atoms with E-state index >= 15 is 0 Å². The Morgan fingerprint density at radius 3 is 2.31 bits per heavy atom. The lowest BCUT2D eigenvalue weighted by Gasteiger charge is -2.27.